The smallest absolute Gasteiger partial charge is 0.352 e. The molecule has 0 saturated carbocycles. The molecule has 8 N–H and O–H groups in total. The van der Waals surface area contributed by atoms with Crippen molar-refractivity contribution in [2.75, 3.05) is 0 Å². The largest absolute Gasteiger partial charge is 0.504 e. The van der Waals surface area contributed by atoms with Gasteiger partial charge in [-0.05, 0) is 71.3 Å². The highest BCUT2D eigenvalue weighted by Gasteiger charge is 2.41. The number of aromatic hydroxyl groups is 6. The van der Waals surface area contributed by atoms with E-state index in [0.717, 1.165) is 42.5 Å². The minimum absolute atomic E-state index is 0.0531. The molecule has 16 nitrogen and oxygen atoms in total. The van der Waals surface area contributed by atoms with Crippen LogP contribution in [0.4, 0.5) is 0 Å². The Bertz CT molecular complexity index is 2050. The Balaban J connectivity index is 1.36. The molecule has 0 aromatic heterocycles. The second-order valence-corrected chi connectivity index (χ2v) is 11.4. The van der Waals surface area contributed by atoms with E-state index in [2.05, 4.69) is 0 Å². The second-order valence-electron chi connectivity index (χ2n) is 11.4. The summed E-state index contributed by atoms with van der Waals surface area (Å²) in [5, 5.41) is 77.8. The number of hydrogen-bond donors (Lipinski definition) is 8. The van der Waals surface area contributed by atoms with E-state index in [1.165, 1.54) is 42.5 Å². The number of phenolic OH excluding ortho intramolecular Hbond substituents is 6. The van der Waals surface area contributed by atoms with Gasteiger partial charge in [0.15, 0.2) is 52.1 Å². The number of carboxylic acids is 2. The van der Waals surface area contributed by atoms with Crippen LogP contribution in [0.1, 0.15) is 28.4 Å². The number of hydrogen-bond acceptors (Lipinski definition) is 14. The first kappa shape index (κ1) is 36.2. The lowest BCUT2D eigenvalue weighted by molar-refractivity contribution is -0.173. The zero-order valence-electron chi connectivity index (χ0n) is 26.7. The molecule has 4 atom stereocenters. The van der Waals surface area contributed by atoms with Crippen molar-refractivity contribution in [3.63, 3.8) is 0 Å². The van der Waals surface area contributed by atoms with E-state index in [9.17, 15) is 60.0 Å². The fourth-order valence-electron chi connectivity index (χ4n) is 5.08. The van der Waals surface area contributed by atoms with Crippen molar-refractivity contribution in [3.8, 4) is 46.0 Å². The summed E-state index contributed by atoms with van der Waals surface area (Å²) in [5.74, 6) is -8.08. The first-order valence-corrected chi connectivity index (χ1v) is 15.2. The second kappa shape index (κ2) is 15.2. The van der Waals surface area contributed by atoms with E-state index in [1.54, 1.807) is 0 Å². The highest BCUT2D eigenvalue weighted by Crippen LogP contribution is 2.42. The molecule has 16 heteroatoms. The first-order valence-electron chi connectivity index (χ1n) is 15.2. The number of ether oxygens (including phenoxy) is 4. The molecule has 1 aliphatic heterocycles. The molecule has 4 unspecified atom stereocenters. The monoisotopic (exact) mass is 718 g/mol. The van der Waals surface area contributed by atoms with Gasteiger partial charge in [-0.25, -0.2) is 19.2 Å². The van der Waals surface area contributed by atoms with Crippen molar-refractivity contribution in [2.24, 2.45) is 0 Å². The minimum Gasteiger partial charge on any atom is -0.504 e. The van der Waals surface area contributed by atoms with Gasteiger partial charge in [-0.1, -0.05) is 24.3 Å². The molecule has 0 saturated heterocycles. The number of phenols is 6. The Hall–Kier alpha value is -7.10. The van der Waals surface area contributed by atoms with Crippen LogP contribution in [0.3, 0.4) is 0 Å². The van der Waals surface area contributed by atoms with Crippen molar-refractivity contribution in [1.82, 2.24) is 0 Å². The average molecular weight is 719 g/mol. The highest BCUT2D eigenvalue weighted by molar-refractivity contribution is 5.89. The van der Waals surface area contributed by atoms with Crippen LogP contribution < -0.4 is 9.47 Å². The molecule has 52 heavy (non-hydrogen) atoms. The Kier molecular flexibility index (Phi) is 10.6. The van der Waals surface area contributed by atoms with Crippen LogP contribution >= 0.6 is 0 Å². The fraction of sp³-hybridized carbons (Fsp3) is 0.167. The number of carbonyl (C=O) groups excluding carboxylic acids is 2. The van der Waals surface area contributed by atoms with E-state index >= 15 is 0 Å². The predicted molar refractivity (Wildman–Crippen MR) is 175 cm³/mol. The number of fused-ring (bicyclic) bond motifs is 1. The Morgan fingerprint density at radius 3 is 1.69 bits per heavy atom. The van der Waals surface area contributed by atoms with Crippen molar-refractivity contribution in [2.45, 2.75) is 37.3 Å². The van der Waals surface area contributed by atoms with Gasteiger partial charge in [-0.15, -0.1) is 0 Å². The molecule has 5 rings (SSSR count). The van der Waals surface area contributed by atoms with E-state index in [0.29, 0.717) is 0 Å². The molecule has 270 valence electrons. The zero-order valence-corrected chi connectivity index (χ0v) is 26.7. The maximum absolute atomic E-state index is 13.6. The van der Waals surface area contributed by atoms with Crippen molar-refractivity contribution in [3.05, 3.63) is 101 Å². The number of esters is 2. The molecule has 1 heterocycles. The molecule has 0 amide bonds. The maximum atomic E-state index is 13.6. The van der Waals surface area contributed by atoms with Crippen molar-refractivity contribution < 1.29 is 79.0 Å². The normalized spacial score (nSPS) is 16.1. The van der Waals surface area contributed by atoms with E-state index in [4.69, 9.17) is 18.9 Å². The molecular formula is C36H30O16. The first-order chi connectivity index (χ1) is 24.7. The molecule has 0 aliphatic carbocycles. The third-order valence-electron chi connectivity index (χ3n) is 7.71. The number of carboxylic acid groups (broad SMARTS) is 2. The lowest BCUT2D eigenvalue weighted by Gasteiger charge is -2.33. The standard InChI is InChI=1S/C36H30O16/c37-21-6-1-18(11-24(21)40)14-29(34(44)45)49-31(43)10-4-17-3-9-27-28(13-17)51-33(32(50-27)20-5-8-23(39)26(42)16-20)36(48)52-30(35(46)47)15-19-2-7-22(38)25(41)12-19/h1-13,16,29-30,32-33,37-42H,14-15H2,(H,44,45)(H,46,47). The molecular weight excluding hydrogens is 688 g/mol. The van der Waals surface area contributed by atoms with Gasteiger partial charge in [0.25, 0.3) is 0 Å². The number of carbonyl (C=O) groups is 4. The SMILES string of the molecule is O=C(C=Cc1ccc2c(c1)OC(C(=O)OC(Cc1ccc(O)c(O)c1)C(=O)O)C(c1ccc(O)c(O)c1)O2)OC(Cc1ccc(O)c(O)c1)C(=O)O. The van der Waals surface area contributed by atoms with Crippen LogP contribution in [0, 0.1) is 0 Å². The third kappa shape index (κ3) is 8.54. The summed E-state index contributed by atoms with van der Waals surface area (Å²) in [4.78, 5) is 49.9. The molecule has 0 spiro atoms. The fourth-order valence-corrected chi connectivity index (χ4v) is 5.08. The van der Waals surface area contributed by atoms with Gasteiger partial charge in [0.1, 0.15) is 0 Å². The number of aliphatic carboxylic acids is 2. The van der Waals surface area contributed by atoms with Crippen LogP contribution in [0.2, 0.25) is 0 Å². The highest BCUT2D eigenvalue weighted by atomic mass is 16.6. The van der Waals surface area contributed by atoms with Gasteiger partial charge in [-0.3, -0.25) is 0 Å². The molecule has 0 fully saturated rings. The minimum atomic E-state index is -1.79. The summed E-state index contributed by atoms with van der Waals surface area (Å²) >= 11 is 0. The summed E-state index contributed by atoms with van der Waals surface area (Å²) in [5.41, 5.74) is 0.916. The van der Waals surface area contributed by atoms with Gasteiger partial charge in [-0.2, -0.15) is 0 Å². The van der Waals surface area contributed by atoms with Crippen LogP contribution in [-0.2, 0) is 41.5 Å². The summed E-state index contributed by atoms with van der Waals surface area (Å²) < 4.78 is 22.4. The summed E-state index contributed by atoms with van der Waals surface area (Å²) in [6.07, 6.45) is -4.99. The predicted octanol–water partition coefficient (Wildman–Crippen LogP) is 3.29. The van der Waals surface area contributed by atoms with Gasteiger partial charge < -0.3 is 59.8 Å². The Morgan fingerprint density at radius 2 is 1.15 bits per heavy atom. The Labute approximate surface area is 293 Å². The molecule has 1 aliphatic rings. The van der Waals surface area contributed by atoms with Crippen molar-refractivity contribution in [1.29, 1.82) is 0 Å². The van der Waals surface area contributed by atoms with Gasteiger partial charge >= 0.3 is 23.9 Å². The molecule has 4 aromatic rings. The Morgan fingerprint density at radius 1 is 0.615 bits per heavy atom. The summed E-state index contributed by atoms with van der Waals surface area (Å²) in [6, 6.07) is 15.0. The number of rotatable bonds is 12. The number of benzene rings is 4. The van der Waals surface area contributed by atoms with E-state index in [1.807, 2.05) is 0 Å². The van der Waals surface area contributed by atoms with Gasteiger partial charge in [0.05, 0.1) is 0 Å². The molecule has 4 aromatic carbocycles. The lowest BCUT2D eigenvalue weighted by Crippen LogP contribution is -2.43. The van der Waals surface area contributed by atoms with E-state index < -0.39 is 89.2 Å². The van der Waals surface area contributed by atoms with Gasteiger partial charge in [0.2, 0.25) is 18.3 Å². The van der Waals surface area contributed by atoms with Crippen LogP contribution in [0.15, 0.2) is 78.9 Å². The summed E-state index contributed by atoms with van der Waals surface area (Å²) in [7, 11) is 0. The summed E-state index contributed by atoms with van der Waals surface area (Å²) in [6.45, 7) is 0. The maximum Gasteiger partial charge on any atom is 0.352 e. The average Bonchev–Trinajstić information content (AvgIpc) is 3.10. The van der Waals surface area contributed by atoms with Gasteiger partial charge in [0, 0.05) is 24.5 Å². The zero-order chi connectivity index (χ0) is 37.7. The van der Waals surface area contributed by atoms with Crippen LogP contribution in [0.5, 0.6) is 46.0 Å². The van der Waals surface area contributed by atoms with E-state index in [-0.39, 0.29) is 40.2 Å². The molecule has 0 radical (unpaired) electrons. The quantitative estimate of drug-likeness (QED) is 0.0593. The third-order valence-corrected chi connectivity index (χ3v) is 7.71. The topological polar surface area (TPSA) is 267 Å². The lowest BCUT2D eigenvalue weighted by atomic mass is 10.0. The van der Waals surface area contributed by atoms with Crippen LogP contribution in [0.25, 0.3) is 6.08 Å². The van der Waals surface area contributed by atoms with Crippen LogP contribution in [-0.4, -0.2) is 83.0 Å². The van der Waals surface area contributed by atoms with Crippen molar-refractivity contribution >= 4 is 30.0 Å². The molecule has 0 bridgehead atoms.